The van der Waals surface area contributed by atoms with E-state index in [-0.39, 0.29) is 0 Å². The van der Waals surface area contributed by atoms with Gasteiger partial charge in [-0.1, -0.05) is 81.4 Å². The Hall–Kier alpha value is -2.46. The van der Waals surface area contributed by atoms with Gasteiger partial charge in [0.25, 0.3) is 0 Å². The van der Waals surface area contributed by atoms with Crippen LogP contribution in [0.1, 0.15) is 72.3 Å². The Morgan fingerprint density at radius 2 is 1.54 bits per heavy atom. The zero-order valence-electron chi connectivity index (χ0n) is 24.8. The van der Waals surface area contributed by atoms with Gasteiger partial charge in [-0.25, -0.2) is 0 Å². The van der Waals surface area contributed by atoms with Crippen molar-refractivity contribution in [1.29, 1.82) is 0 Å². The lowest BCUT2D eigenvalue weighted by atomic mass is 9.97. The van der Waals surface area contributed by atoms with Crippen LogP contribution in [-0.2, 0) is 13.6 Å². The maximum Gasteiger partial charge on any atom is 0.330 e. The van der Waals surface area contributed by atoms with E-state index in [0.717, 1.165) is 29.9 Å². The van der Waals surface area contributed by atoms with Gasteiger partial charge < -0.3 is 13.9 Å². The van der Waals surface area contributed by atoms with Gasteiger partial charge in [0.2, 0.25) is 0 Å². The Balaban J connectivity index is 2.18. The number of benzene rings is 1. The number of unbranched alkanes of at least 4 members (excludes halogenated alkanes) is 2. The first kappa shape index (κ1) is 32.8. The van der Waals surface area contributed by atoms with Gasteiger partial charge in [0.1, 0.15) is 0 Å². The normalized spacial score (nSPS) is 16.2. The van der Waals surface area contributed by atoms with Gasteiger partial charge in [-0.05, 0) is 69.4 Å². The smallest absolute Gasteiger partial charge is 0.330 e. The van der Waals surface area contributed by atoms with Crippen molar-refractivity contribution >= 4 is 25.1 Å². The van der Waals surface area contributed by atoms with Crippen molar-refractivity contribution in [1.82, 2.24) is 0 Å². The SMILES string of the molecule is C\C=C/C(C=Cc1ccc(N(CCCC)CCCC)cc1)=C1/C=CC=C/C1=N\CCCP(=O)(OCC)OCC. The molecular formula is C33H49N2O3P. The second-order valence-electron chi connectivity index (χ2n) is 9.50. The fraction of sp³-hybridized carbons (Fsp3) is 0.485. The molecule has 0 N–H and O–H groups in total. The van der Waals surface area contributed by atoms with Gasteiger partial charge in [0, 0.05) is 30.9 Å². The third kappa shape index (κ3) is 11.7. The number of anilines is 1. The molecule has 0 atom stereocenters. The van der Waals surface area contributed by atoms with Gasteiger partial charge in [-0.2, -0.15) is 0 Å². The molecule has 5 nitrogen and oxygen atoms in total. The second kappa shape index (κ2) is 18.8. The molecule has 2 rings (SSSR count). The zero-order valence-corrected chi connectivity index (χ0v) is 25.7. The van der Waals surface area contributed by atoms with E-state index in [4.69, 9.17) is 14.0 Å². The maximum atomic E-state index is 12.7. The first-order valence-electron chi connectivity index (χ1n) is 14.7. The highest BCUT2D eigenvalue weighted by molar-refractivity contribution is 7.53. The summed E-state index contributed by atoms with van der Waals surface area (Å²) in [6.07, 6.45) is 22.6. The summed E-state index contributed by atoms with van der Waals surface area (Å²) in [6, 6.07) is 8.89. The summed E-state index contributed by atoms with van der Waals surface area (Å²) in [5.74, 6) is 0. The summed E-state index contributed by atoms with van der Waals surface area (Å²) >= 11 is 0. The van der Waals surface area contributed by atoms with Crippen molar-refractivity contribution in [2.75, 3.05) is 43.9 Å². The Bertz CT molecular complexity index is 1060. The Morgan fingerprint density at radius 1 is 0.897 bits per heavy atom. The van der Waals surface area contributed by atoms with Crippen molar-refractivity contribution in [3.63, 3.8) is 0 Å². The van der Waals surface area contributed by atoms with Crippen LogP contribution in [0.2, 0.25) is 0 Å². The predicted octanol–water partition coefficient (Wildman–Crippen LogP) is 9.20. The number of hydrogen-bond donors (Lipinski definition) is 0. The molecule has 0 radical (unpaired) electrons. The van der Waals surface area contributed by atoms with Crippen LogP contribution in [0.25, 0.3) is 6.08 Å². The Kier molecular flexibility index (Phi) is 15.8. The molecule has 0 amide bonds. The first-order valence-corrected chi connectivity index (χ1v) is 16.4. The molecule has 1 aliphatic carbocycles. The van der Waals surface area contributed by atoms with Crippen LogP contribution in [0.15, 0.2) is 82.9 Å². The fourth-order valence-electron chi connectivity index (χ4n) is 4.34. The molecule has 0 bridgehead atoms. The van der Waals surface area contributed by atoms with Gasteiger partial charge in [-0.15, -0.1) is 0 Å². The van der Waals surface area contributed by atoms with Crippen molar-refractivity contribution in [2.45, 2.75) is 66.7 Å². The minimum atomic E-state index is -3.04. The molecule has 39 heavy (non-hydrogen) atoms. The Morgan fingerprint density at radius 3 is 2.13 bits per heavy atom. The average Bonchev–Trinajstić information content (AvgIpc) is 2.94. The first-order chi connectivity index (χ1) is 19.0. The highest BCUT2D eigenvalue weighted by Crippen LogP contribution is 2.48. The monoisotopic (exact) mass is 552 g/mol. The van der Waals surface area contributed by atoms with Gasteiger partial charge in [0.15, 0.2) is 0 Å². The van der Waals surface area contributed by atoms with Crippen LogP contribution in [0.4, 0.5) is 5.69 Å². The molecule has 1 aliphatic rings. The van der Waals surface area contributed by atoms with Crippen molar-refractivity contribution in [3.8, 4) is 0 Å². The third-order valence-electron chi connectivity index (χ3n) is 6.36. The number of aliphatic imine (C=N–C) groups is 1. The molecule has 1 aromatic carbocycles. The molecule has 0 aromatic heterocycles. The third-order valence-corrected chi connectivity index (χ3v) is 8.53. The molecule has 214 valence electrons. The van der Waals surface area contributed by atoms with Crippen LogP contribution in [0, 0.1) is 0 Å². The van der Waals surface area contributed by atoms with Gasteiger partial charge >= 0.3 is 7.60 Å². The summed E-state index contributed by atoms with van der Waals surface area (Å²) in [6.45, 7) is 13.7. The van der Waals surface area contributed by atoms with Crippen LogP contribution < -0.4 is 4.90 Å². The average molecular weight is 553 g/mol. The van der Waals surface area contributed by atoms with Crippen molar-refractivity contribution in [3.05, 3.63) is 83.5 Å². The fourth-order valence-corrected chi connectivity index (χ4v) is 5.99. The van der Waals surface area contributed by atoms with E-state index in [2.05, 4.69) is 73.4 Å². The van der Waals surface area contributed by atoms with E-state index >= 15 is 0 Å². The predicted molar refractivity (Wildman–Crippen MR) is 170 cm³/mol. The molecule has 0 saturated heterocycles. The standard InChI is InChI=1S/C33H49N2O3P/c1-6-11-26-35(27-12-7-2)31-23-20-29(21-24-31)19-22-30(16-8-3)32-17-13-14-18-33(32)34-25-15-28-39(36,37-9-4)38-10-5/h8,13-14,16-24H,6-7,9-12,15,25-28H2,1-5H3/b16-8-,22-19?,32-30+,34-33+. The van der Waals surface area contributed by atoms with E-state index in [0.29, 0.717) is 32.3 Å². The topological polar surface area (TPSA) is 51.1 Å². The van der Waals surface area contributed by atoms with Crippen LogP contribution in [0.3, 0.4) is 0 Å². The summed E-state index contributed by atoms with van der Waals surface area (Å²) in [7, 11) is -3.04. The quantitative estimate of drug-likeness (QED) is 0.135. The van der Waals surface area contributed by atoms with E-state index in [1.165, 1.54) is 36.9 Å². The van der Waals surface area contributed by atoms with E-state index in [1.54, 1.807) is 0 Å². The van der Waals surface area contributed by atoms with Gasteiger partial charge in [0.05, 0.1) is 25.1 Å². The highest BCUT2D eigenvalue weighted by atomic mass is 31.2. The molecular weight excluding hydrogens is 503 g/mol. The van der Waals surface area contributed by atoms with Crippen LogP contribution >= 0.6 is 7.60 Å². The van der Waals surface area contributed by atoms with Gasteiger partial charge in [-0.3, -0.25) is 9.56 Å². The number of nitrogens with zero attached hydrogens (tertiary/aromatic N) is 2. The number of hydrogen-bond acceptors (Lipinski definition) is 5. The molecule has 6 heteroatoms. The lowest BCUT2D eigenvalue weighted by molar-refractivity contribution is 0.220. The minimum Gasteiger partial charge on any atom is -0.372 e. The van der Waals surface area contributed by atoms with Crippen LogP contribution in [0.5, 0.6) is 0 Å². The van der Waals surface area contributed by atoms with E-state index in [9.17, 15) is 4.57 Å². The summed E-state index contributed by atoms with van der Waals surface area (Å²) in [4.78, 5) is 7.35. The number of rotatable bonds is 18. The molecule has 0 aliphatic heterocycles. The minimum absolute atomic E-state index is 0.371. The summed E-state index contributed by atoms with van der Waals surface area (Å²) in [5, 5.41) is 0. The molecule has 0 unspecified atom stereocenters. The molecule has 0 heterocycles. The van der Waals surface area contributed by atoms with E-state index < -0.39 is 7.60 Å². The Labute approximate surface area is 237 Å². The molecule has 0 fully saturated rings. The molecule has 1 aromatic rings. The summed E-state index contributed by atoms with van der Waals surface area (Å²) in [5.41, 5.74) is 5.57. The molecule has 0 spiro atoms. The second-order valence-corrected chi connectivity index (χ2v) is 11.7. The van der Waals surface area contributed by atoms with E-state index in [1.807, 2.05) is 39.0 Å². The van der Waals surface area contributed by atoms with Crippen molar-refractivity contribution < 1.29 is 13.6 Å². The summed E-state index contributed by atoms with van der Waals surface area (Å²) < 4.78 is 23.6. The highest BCUT2D eigenvalue weighted by Gasteiger charge is 2.22. The molecule has 0 saturated carbocycles. The lowest BCUT2D eigenvalue weighted by Crippen LogP contribution is -2.25. The largest absolute Gasteiger partial charge is 0.372 e. The van der Waals surface area contributed by atoms with Crippen molar-refractivity contribution in [2.24, 2.45) is 4.99 Å². The van der Waals surface area contributed by atoms with Crippen LogP contribution in [-0.4, -0.2) is 44.7 Å². The lowest BCUT2D eigenvalue weighted by Gasteiger charge is -2.24. The zero-order chi connectivity index (χ0) is 28.3. The number of allylic oxidation sites excluding steroid dienone is 9. The maximum absolute atomic E-state index is 12.7.